The highest BCUT2D eigenvalue weighted by atomic mass is 19.4. The van der Waals surface area contributed by atoms with E-state index < -0.39 is 11.7 Å². The molecule has 1 amide bonds. The number of rotatable bonds is 4. The van der Waals surface area contributed by atoms with E-state index in [2.05, 4.69) is 4.90 Å². The zero-order valence-electron chi connectivity index (χ0n) is 14.1. The molecule has 0 bridgehead atoms. The van der Waals surface area contributed by atoms with Crippen LogP contribution in [-0.2, 0) is 11.0 Å². The fraction of sp³-hybridized carbons (Fsp3) is 0.526. The van der Waals surface area contributed by atoms with Gasteiger partial charge in [0.1, 0.15) is 0 Å². The number of hydrogen-bond acceptors (Lipinski definition) is 2. The Labute approximate surface area is 146 Å². The van der Waals surface area contributed by atoms with Crippen molar-refractivity contribution in [2.45, 2.75) is 37.9 Å². The molecule has 136 valence electrons. The van der Waals surface area contributed by atoms with E-state index in [1.165, 1.54) is 31.1 Å². The van der Waals surface area contributed by atoms with E-state index in [4.69, 9.17) is 0 Å². The highest BCUT2D eigenvalue weighted by Gasteiger charge is 2.30. The van der Waals surface area contributed by atoms with E-state index in [0.29, 0.717) is 5.56 Å². The van der Waals surface area contributed by atoms with E-state index in [0.717, 1.165) is 51.2 Å². The van der Waals surface area contributed by atoms with Crippen LogP contribution in [0.2, 0.25) is 0 Å². The van der Waals surface area contributed by atoms with Gasteiger partial charge >= 0.3 is 6.18 Å². The Bertz CT molecular complexity index is 619. The standard InChI is InChI=1S/C19H23F3N2O/c20-19(21,22)16-8-5-15(6-9-16)7-10-18(25)24-13-3-4-17(24)14-23-11-1-2-12-23/h5-10,17H,1-4,11-14H2/t17-/m0/s1. The number of benzene rings is 1. The molecule has 6 heteroatoms. The molecule has 2 aliphatic rings. The van der Waals surface area contributed by atoms with Gasteiger partial charge in [0, 0.05) is 25.2 Å². The Balaban J connectivity index is 1.59. The molecule has 0 N–H and O–H groups in total. The lowest BCUT2D eigenvalue weighted by atomic mass is 10.1. The van der Waals surface area contributed by atoms with Crippen molar-refractivity contribution in [3.63, 3.8) is 0 Å². The molecule has 1 atom stereocenters. The maximum absolute atomic E-state index is 12.6. The van der Waals surface area contributed by atoms with Gasteiger partial charge in [0.05, 0.1) is 5.56 Å². The van der Waals surface area contributed by atoms with E-state index in [1.807, 2.05) is 4.90 Å². The van der Waals surface area contributed by atoms with Crippen LogP contribution in [0.15, 0.2) is 30.3 Å². The van der Waals surface area contributed by atoms with Gasteiger partial charge in [-0.15, -0.1) is 0 Å². The molecule has 0 aliphatic carbocycles. The van der Waals surface area contributed by atoms with Crippen molar-refractivity contribution < 1.29 is 18.0 Å². The molecule has 0 spiro atoms. The zero-order valence-corrected chi connectivity index (χ0v) is 14.1. The summed E-state index contributed by atoms with van der Waals surface area (Å²) in [6.07, 6.45) is 3.23. The maximum Gasteiger partial charge on any atom is 0.416 e. The lowest BCUT2D eigenvalue weighted by molar-refractivity contribution is -0.137. The summed E-state index contributed by atoms with van der Waals surface area (Å²) in [7, 11) is 0. The van der Waals surface area contributed by atoms with Crippen LogP contribution >= 0.6 is 0 Å². The van der Waals surface area contributed by atoms with E-state index in [-0.39, 0.29) is 11.9 Å². The van der Waals surface area contributed by atoms with E-state index in [1.54, 1.807) is 6.08 Å². The van der Waals surface area contributed by atoms with Crippen molar-refractivity contribution in [2.75, 3.05) is 26.2 Å². The van der Waals surface area contributed by atoms with Crippen LogP contribution in [0.5, 0.6) is 0 Å². The summed E-state index contributed by atoms with van der Waals surface area (Å²) >= 11 is 0. The average molecular weight is 352 g/mol. The minimum atomic E-state index is -4.34. The third-order valence-corrected chi connectivity index (χ3v) is 4.98. The Morgan fingerprint density at radius 3 is 2.40 bits per heavy atom. The number of carbonyl (C=O) groups excluding carboxylic acids is 1. The molecule has 0 saturated carbocycles. The normalized spacial score (nSPS) is 22.2. The van der Waals surface area contributed by atoms with Crippen molar-refractivity contribution in [3.8, 4) is 0 Å². The molecule has 0 radical (unpaired) electrons. The Morgan fingerprint density at radius 2 is 1.76 bits per heavy atom. The zero-order chi connectivity index (χ0) is 17.9. The minimum absolute atomic E-state index is 0.0541. The molecule has 2 fully saturated rings. The van der Waals surface area contributed by atoms with E-state index >= 15 is 0 Å². The number of hydrogen-bond donors (Lipinski definition) is 0. The third kappa shape index (κ3) is 4.63. The quantitative estimate of drug-likeness (QED) is 0.770. The molecule has 3 nitrogen and oxygen atoms in total. The lowest BCUT2D eigenvalue weighted by Gasteiger charge is -2.27. The predicted molar refractivity (Wildman–Crippen MR) is 90.9 cm³/mol. The summed E-state index contributed by atoms with van der Waals surface area (Å²) in [6, 6.07) is 5.10. The molecule has 0 aromatic heterocycles. The van der Waals surface area contributed by atoms with Crippen molar-refractivity contribution in [2.24, 2.45) is 0 Å². The summed E-state index contributed by atoms with van der Waals surface area (Å²) in [5, 5.41) is 0. The van der Waals surface area contributed by atoms with Crippen LogP contribution in [0.1, 0.15) is 36.8 Å². The Morgan fingerprint density at radius 1 is 1.08 bits per heavy atom. The van der Waals surface area contributed by atoms with Gasteiger partial charge in [0.2, 0.25) is 5.91 Å². The van der Waals surface area contributed by atoms with Crippen molar-refractivity contribution >= 4 is 12.0 Å². The van der Waals surface area contributed by atoms with Crippen LogP contribution in [0.4, 0.5) is 13.2 Å². The number of amides is 1. The molecule has 3 rings (SSSR count). The Kier molecular flexibility index (Phi) is 5.47. The van der Waals surface area contributed by atoms with Gasteiger partial charge in [0.25, 0.3) is 0 Å². The smallest absolute Gasteiger partial charge is 0.335 e. The lowest BCUT2D eigenvalue weighted by Crippen LogP contribution is -2.41. The first-order valence-electron chi connectivity index (χ1n) is 8.82. The van der Waals surface area contributed by atoms with Gasteiger partial charge in [-0.05, 0) is 62.5 Å². The minimum Gasteiger partial charge on any atom is -0.335 e. The largest absolute Gasteiger partial charge is 0.416 e. The molecular weight excluding hydrogens is 329 g/mol. The van der Waals surface area contributed by atoms with Crippen molar-refractivity contribution in [3.05, 3.63) is 41.5 Å². The van der Waals surface area contributed by atoms with Crippen LogP contribution in [0, 0.1) is 0 Å². The van der Waals surface area contributed by atoms with Gasteiger partial charge in [-0.2, -0.15) is 13.2 Å². The second kappa shape index (κ2) is 7.60. The maximum atomic E-state index is 12.6. The summed E-state index contributed by atoms with van der Waals surface area (Å²) < 4.78 is 37.7. The van der Waals surface area contributed by atoms with Gasteiger partial charge in [-0.3, -0.25) is 4.79 Å². The number of carbonyl (C=O) groups is 1. The highest BCUT2D eigenvalue weighted by Crippen LogP contribution is 2.29. The number of likely N-dealkylation sites (tertiary alicyclic amines) is 2. The highest BCUT2D eigenvalue weighted by molar-refractivity contribution is 5.92. The van der Waals surface area contributed by atoms with E-state index in [9.17, 15) is 18.0 Å². The molecule has 25 heavy (non-hydrogen) atoms. The summed E-state index contributed by atoms with van der Waals surface area (Å²) in [5.41, 5.74) is -0.0853. The van der Waals surface area contributed by atoms with Gasteiger partial charge in [-0.1, -0.05) is 12.1 Å². The summed E-state index contributed by atoms with van der Waals surface area (Å²) in [5.74, 6) is -0.0541. The molecule has 0 unspecified atom stereocenters. The first kappa shape index (κ1) is 18.0. The Hall–Kier alpha value is -1.82. The van der Waals surface area contributed by atoms with Gasteiger partial charge in [0.15, 0.2) is 0 Å². The number of halogens is 3. The van der Waals surface area contributed by atoms with Crippen molar-refractivity contribution in [1.29, 1.82) is 0 Å². The first-order chi connectivity index (χ1) is 11.9. The first-order valence-corrected chi connectivity index (χ1v) is 8.82. The third-order valence-electron chi connectivity index (χ3n) is 4.98. The molecule has 2 saturated heterocycles. The van der Waals surface area contributed by atoms with Crippen molar-refractivity contribution in [1.82, 2.24) is 9.80 Å². The average Bonchev–Trinajstić information content (AvgIpc) is 3.24. The summed E-state index contributed by atoms with van der Waals surface area (Å²) in [4.78, 5) is 16.8. The monoisotopic (exact) mass is 352 g/mol. The number of alkyl halides is 3. The topological polar surface area (TPSA) is 23.6 Å². The predicted octanol–water partition coefficient (Wildman–Crippen LogP) is 3.81. The SMILES string of the molecule is O=C(C=Cc1ccc(C(F)(F)F)cc1)N1CCC[C@H]1CN1CCCC1. The summed E-state index contributed by atoms with van der Waals surface area (Å²) in [6.45, 7) is 3.91. The fourth-order valence-corrected chi connectivity index (χ4v) is 3.63. The molecule has 1 aromatic rings. The fourth-order valence-electron chi connectivity index (χ4n) is 3.63. The number of nitrogens with zero attached hydrogens (tertiary/aromatic N) is 2. The van der Waals surface area contributed by atoms with Gasteiger partial charge < -0.3 is 9.80 Å². The molecule has 2 aliphatic heterocycles. The molecule has 1 aromatic carbocycles. The second-order valence-electron chi connectivity index (χ2n) is 6.79. The van der Waals surface area contributed by atoms with Crippen LogP contribution in [-0.4, -0.2) is 47.9 Å². The van der Waals surface area contributed by atoms with Gasteiger partial charge in [-0.25, -0.2) is 0 Å². The molecular formula is C19H23F3N2O. The van der Waals surface area contributed by atoms with Crippen LogP contribution in [0.25, 0.3) is 6.08 Å². The second-order valence-corrected chi connectivity index (χ2v) is 6.79. The van der Waals surface area contributed by atoms with Crippen LogP contribution in [0.3, 0.4) is 0 Å². The van der Waals surface area contributed by atoms with Crippen LogP contribution < -0.4 is 0 Å². The molecule has 2 heterocycles.